The van der Waals surface area contributed by atoms with E-state index in [0.29, 0.717) is 13.1 Å². The number of urea groups is 1. The molecule has 26 heavy (non-hydrogen) atoms. The molecule has 2 aromatic rings. The molecule has 0 aliphatic carbocycles. The lowest BCUT2D eigenvalue weighted by molar-refractivity contribution is -0.131. The quantitative estimate of drug-likeness (QED) is 0.778. The molecule has 0 bridgehead atoms. The summed E-state index contributed by atoms with van der Waals surface area (Å²) in [5.74, 6) is -0.641. The molecule has 2 heterocycles. The SMILES string of the molecule is CN1C(=O)[C@H](CC(=O)NCc2cnn(Cc3ccccc3)c2)N(C)C1=O. The molecule has 8 heteroatoms. The van der Waals surface area contributed by atoms with E-state index < -0.39 is 12.1 Å². The van der Waals surface area contributed by atoms with Crippen LogP contribution in [0.4, 0.5) is 4.79 Å². The largest absolute Gasteiger partial charge is 0.352 e. The monoisotopic (exact) mass is 355 g/mol. The normalized spacial score (nSPS) is 17.1. The van der Waals surface area contributed by atoms with Gasteiger partial charge in [0.2, 0.25) is 5.91 Å². The first-order valence-corrected chi connectivity index (χ1v) is 8.32. The van der Waals surface area contributed by atoms with Gasteiger partial charge >= 0.3 is 6.03 Å². The van der Waals surface area contributed by atoms with Crippen molar-refractivity contribution in [1.82, 2.24) is 24.9 Å². The van der Waals surface area contributed by atoms with Gasteiger partial charge in [-0.1, -0.05) is 30.3 Å². The Bertz CT molecular complexity index is 817. The molecule has 0 radical (unpaired) electrons. The minimum Gasteiger partial charge on any atom is -0.352 e. The van der Waals surface area contributed by atoms with Crippen molar-refractivity contribution in [2.45, 2.75) is 25.6 Å². The van der Waals surface area contributed by atoms with Crippen molar-refractivity contribution in [1.29, 1.82) is 0 Å². The number of imide groups is 1. The fraction of sp³-hybridized carbons (Fsp3) is 0.333. The first-order valence-electron chi connectivity index (χ1n) is 8.32. The fourth-order valence-electron chi connectivity index (χ4n) is 2.88. The molecule has 3 rings (SSSR count). The van der Waals surface area contributed by atoms with Gasteiger partial charge in [0.15, 0.2) is 0 Å². The molecule has 8 nitrogen and oxygen atoms in total. The van der Waals surface area contributed by atoms with Gasteiger partial charge in [0, 0.05) is 32.4 Å². The van der Waals surface area contributed by atoms with Crippen molar-refractivity contribution >= 4 is 17.8 Å². The smallest absolute Gasteiger partial charge is 0.326 e. The van der Waals surface area contributed by atoms with E-state index in [1.807, 2.05) is 36.5 Å². The maximum absolute atomic E-state index is 12.1. The first kappa shape index (κ1) is 17.7. The fourth-order valence-corrected chi connectivity index (χ4v) is 2.88. The van der Waals surface area contributed by atoms with Crippen LogP contribution in [0.25, 0.3) is 0 Å². The van der Waals surface area contributed by atoms with Gasteiger partial charge in [0.25, 0.3) is 5.91 Å². The molecule has 1 N–H and O–H groups in total. The second-order valence-corrected chi connectivity index (χ2v) is 6.32. The topological polar surface area (TPSA) is 87.5 Å². The van der Waals surface area contributed by atoms with Crippen molar-refractivity contribution in [3.05, 3.63) is 53.9 Å². The highest BCUT2D eigenvalue weighted by atomic mass is 16.2. The molecule has 4 amide bonds. The van der Waals surface area contributed by atoms with E-state index in [0.717, 1.165) is 16.0 Å². The van der Waals surface area contributed by atoms with Crippen molar-refractivity contribution in [3.63, 3.8) is 0 Å². The molecule has 1 atom stereocenters. The Balaban J connectivity index is 1.51. The predicted octanol–water partition coefficient (Wildman–Crippen LogP) is 0.830. The molecular weight excluding hydrogens is 334 g/mol. The van der Waals surface area contributed by atoms with Crippen LogP contribution >= 0.6 is 0 Å². The maximum Gasteiger partial charge on any atom is 0.326 e. The average molecular weight is 355 g/mol. The highest BCUT2D eigenvalue weighted by Crippen LogP contribution is 2.16. The van der Waals surface area contributed by atoms with Crippen LogP contribution in [0, 0.1) is 0 Å². The summed E-state index contributed by atoms with van der Waals surface area (Å²) in [6.07, 6.45) is 3.52. The second kappa shape index (κ2) is 7.38. The predicted molar refractivity (Wildman–Crippen MR) is 94.0 cm³/mol. The van der Waals surface area contributed by atoms with Crippen LogP contribution in [0.3, 0.4) is 0 Å². The summed E-state index contributed by atoms with van der Waals surface area (Å²) in [4.78, 5) is 38.2. The summed E-state index contributed by atoms with van der Waals surface area (Å²) >= 11 is 0. The van der Waals surface area contributed by atoms with Crippen LogP contribution in [-0.2, 0) is 22.7 Å². The number of carbonyl (C=O) groups excluding carboxylic acids is 3. The van der Waals surface area contributed by atoms with Gasteiger partial charge in [-0.3, -0.25) is 19.2 Å². The first-order chi connectivity index (χ1) is 12.5. The number of likely N-dealkylation sites (N-methyl/N-ethyl adjacent to an activating group) is 2. The Morgan fingerprint density at radius 1 is 1.15 bits per heavy atom. The lowest BCUT2D eigenvalue weighted by Gasteiger charge is -2.15. The molecule has 0 spiro atoms. The Morgan fingerprint density at radius 3 is 2.54 bits per heavy atom. The number of carbonyl (C=O) groups is 3. The summed E-state index contributed by atoms with van der Waals surface area (Å²) in [5.41, 5.74) is 2.01. The number of amides is 4. The zero-order valence-corrected chi connectivity index (χ0v) is 14.8. The average Bonchev–Trinajstić information content (AvgIpc) is 3.16. The molecule has 1 aromatic carbocycles. The van der Waals surface area contributed by atoms with Crippen LogP contribution < -0.4 is 5.32 Å². The maximum atomic E-state index is 12.1. The number of nitrogens with zero attached hydrogens (tertiary/aromatic N) is 4. The molecule has 1 aliphatic rings. The summed E-state index contributed by atoms with van der Waals surface area (Å²) in [6.45, 7) is 0.979. The number of nitrogens with one attached hydrogen (secondary N) is 1. The number of benzene rings is 1. The van der Waals surface area contributed by atoms with E-state index in [-0.39, 0.29) is 18.2 Å². The minimum absolute atomic E-state index is 0.0520. The van der Waals surface area contributed by atoms with E-state index in [1.165, 1.54) is 19.0 Å². The molecule has 0 saturated carbocycles. The number of hydrogen-bond acceptors (Lipinski definition) is 4. The van der Waals surface area contributed by atoms with Gasteiger partial charge in [-0.15, -0.1) is 0 Å². The van der Waals surface area contributed by atoms with Crippen molar-refractivity contribution in [2.24, 2.45) is 0 Å². The molecule has 0 unspecified atom stereocenters. The second-order valence-electron chi connectivity index (χ2n) is 6.32. The van der Waals surface area contributed by atoms with E-state index in [1.54, 1.807) is 10.9 Å². The van der Waals surface area contributed by atoms with E-state index in [2.05, 4.69) is 10.4 Å². The van der Waals surface area contributed by atoms with Crippen molar-refractivity contribution in [3.8, 4) is 0 Å². The van der Waals surface area contributed by atoms with E-state index in [4.69, 9.17) is 0 Å². The van der Waals surface area contributed by atoms with Crippen LogP contribution in [0.15, 0.2) is 42.7 Å². The van der Waals surface area contributed by atoms with Crippen LogP contribution in [0.5, 0.6) is 0 Å². The van der Waals surface area contributed by atoms with E-state index >= 15 is 0 Å². The van der Waals surface area contributed by atoms with Crippen molar-refractivity contribution < 1.29 is 14.4 Å². The Hall–Kier alpha value is -3.16. The molecule has 1 aromatic heterocycles. The summed E-state index contributed by atoms with van der Waals surface area (Å²) < 4.78 is 1.80. The zero-order chi connectivity index (χ0) is 18.7. The minimum atomic E-state index is -0.742. The third-order valence-electron chi connectivity index (χ3n) is 4.41. The Morgan fingerprint density at radius 2 is 1.88 bits per heavy atom. The van der Waals surface area contributed by atoms with Gasteiger partial charge in [-0.25, -0.2) is 4.79 Å². The molecular formula is C18H21N5O3. The van der Waals surface area contributed by atoms with Gasteiger partial charge < -0.3 is 10.2 Å². The standard InChI is InChI=1S/C18H21N5O3/c1-21-15(17(25)22(2)18(21)26)8-16(24)19-9-14-10-20-23(12-14)11-13-6-4-3-5-7-13/h3-7,10,12,15H,8-9,11H2,1-2H3,(H,19,24)/t15-/m0/s1. The van der Waals surface area contributed by atoms with E-state index in [9.17, 15) is 14.4 Å². The van der Waals surface area contributed by atoms with Gasteiger partial charge in [0.05, 0.1) is 19.2 Å². The summed E-state index contributed by atoms with van der Waals surface area (Å²) in [6, 6.07) is 8.83. The lowest BCUT2D eigenvalue weighted by Crippen LogP contribution is -2.37. The van der Waals surface area contributed by atoms with Crippen LogP contribution in [0.1, 0.15) is 17.5 Å². The number of rotatable bonds is 6. The molecule has 136 valence electrons. The number of hydrogen-bond donors (Lipinski definition) is 1. The molecule has 1 aliphatic heterocycles. The third kappa shape index (κ3) is 3.74. The third-order valence-corrected chi connectivity index (χ3v) is 4.41. The highest BCUT2D eigenvalue weighted by Gasteiger charge is 2.41. The van der Waals surface area contributed by atoms with Crippen LogP contribution in [0.2, 0.25) is 0 Å². The van der Waals surface area contributed by atoms with Gasteiger partial charge in [-0.05, 0) is 5.56 Å². The molecule has 1 fully saturated rings. The summed E-state index contributed by atoms with van der Waals surface area (Å²) in [7, 11) is 2.94. The number of aromatic nitrogens is 2. The molecule has 1 saturated heterocycles. The Labute approximate surface area is 151 Å². The van der Waals surface area contributed by atoms with Crippen LogP contribution in [-0.4, -0.2) is 57.6 Å². The lowest BCUT2D eigenvalue weighted by atomic mass is 10.2. The van der Waals surface area contributed by atoms with Gasteiger partial charge in [-0.2, -0.15) is 5.10 Å². The highest BCUT2D eigenvalue weighted by molar-refractivity contribution is 6.05. The Kier molecular flexibility index (Phi) is 5.01. The summed E-state index contributed by atoms with van der Waals surface area (Å²) in [5, 5.41) is 7.06. The zero-order valence-electron chi connectivity index (χ0n) is 14.8. The van der Waals surface area contributed by atoms with Crippen molar-refractivity contribution in [2.75, 3.05) is 14.1 Å². The van der Waals surface area contributed by atoms with Gasteiger partial charge in [0.1, 0.15) is 6.04 Å².